The van der Waals surface area contributed by atoms with Crippen LogP contribution in [-0.4, -0.2) is 11.1 Å². The summed E-state index contributed by atoms with van der Waals surface area (Å²) in [5, 5.41) is 7.81. The number of amides is 1. The number of rotatable bonds is 5. The first-order chi connectivity index (χ1) is 14.5. The number of aryl methyl sites for hydroxylation is 1. The van der Waals surface area contributed by atoms with E-state index in [1.165, 1.54) is 0 Å². The molecule has 0 saturated heterocycles. The van der Waals surface area contributed by atoms with Crippen molar-refractivity contribution in [2.45, 2.75) is 6.92 Å². The van der Waals surface area contributed by atoms with Crippen LogP contribution in [0, 0.1) is 6.92 Å². The van der Waals surface area contributed by atoms with Crippen LogP contribution in [0.3, 0.4) is 0 Å². The molecule has 4 rings (SSSR count). The van der Waals surface area contributed by atoms with Crippen LogP contribution in [0.25, 0.3) is 11.3 Å². The van der Waals surface area contributed by atoms with Crippen molar-refractivity contribution in [2.24, 2.45) is 0 Å². The molecule has 0 aliphatic rings. The molecule has 0 atom stereocenters. The highest BCUT2D eigenvalue weighted by atomic mass is 35.5. The molecule has 150 valence electrons. The number of carbonyl (C=O) groups is 1. The van der Waals surface area contributed by atoms with E-state index in [-0.39, 0.29) is 5.91 Å². The van der Waals surface area contributed by atoms with Crippen LogP contribution < -0.4 is 10.1 Å². The van der Waals surface area contributed by atoms with E-state index in [4.69, 9.17) is 32.5 Å². The minimum atomic E-state index is -0.356. The zero-order chi connectivity index (χ0) is 21.1. The third-order valence-electron chi connectivity index (χ3n) is 4.39. The van der Waals surface area contributed by atoms with Gasteiger partial charge in [0.2, 0.25) is 0 Å². The fourth-order valence-electron chi connectivity index (χ4n) is 2.95. The molecule has 0 bridgehead atoms. The van der Waals surface area contributed by atoms with Gasteiger partial charge in [-0.05, 0) is 37.3 Å². The van der Waals surface area contributed by atoms with Gasteiger partial charge in [-0.3, -0.25) is 4.79 Å². The molecule has 0 spiro atoms. The Labute approximate surface area is 183 Å². The number of aromatic nitrogens is 1. The molecule has 7 heteroatoms. The Bertz CT molecular complexity index is 1210. The third-order valence-corrected chi connectivity index (χ3v) is 4.92. The van der Waals surface area contributed by atoms with Crippen LogP contribution in [0.2, 0.25) is 10.0 Å². The lowest BCUT2D eigenvalue weighted by molar-refractivity contribution is 0.102. The maximum Gasteiger partial charge on any atom is 0.261 e. The van der Waals surface area contributed by atoms with Crippen molar-refractivity contribution in [1.29, 1.82) is 0 Å². The number of carbonyl (C=O) groups excluding carboxylic acids is 1. The Morgan fingerprint density at radius 3 is 2.47 bits per heavy atom. The zero-order valence-electron chi connectivity index (χ0n) is 15.9. The molecule has 5 nitrogen and oxygen atoms in total. The number of halogens is 2. The lowest BCUT2D eigenvalue weighted by Crippen LogP contribution is -2.14. The predicted molar refractivity (Wildman–Crippen MR) is 118 cm³/mol. The summed E-state index contributed by atoms with van der Waals surface area (Å²) in [6.07, 6.45) is 0. The smallest absolute Gasteiger partial charge is 0.261 e. The average Bonchev–Trinajstić information content (AvgIpc) is 3.13. The van der Waals surface area contributed by atoms with E-state index >= 15 is 0 Å². The van der Waals surface area contributed by atoms with Crippen molar-refractivity contribution < 1.29 is 14.1 Å². The van der Waals surface area contributed by atoms with Crippen LogP contribution in [0.5, 0.6) is 11.5 Å². The molecule has 3 aromatic carbocycles. The first kappa shape index (κ1) is 20.0. The molecular formula is C23H16Cl2N2O3. The fraction of sp³-hybridized carbons (Fsp3) is 0.0435. The normalized spacial score (nSPS) is 10.6. The van der Waals surface area contributed by atoms with Crippen LogP contribution in [-0.2, 0) is 0 Å². The quantitative estimate of drug-likeness (QED) is 0.364. The summed E-state index contributed by atoms with van der Waals surface area (Å²) in [4.78, 5) is 13.1. The molecule has 1 amide bonds. The van der Waals surface area contributed by atoms with Crippen molar-refractivity contribution in [1.82, 2.24) is 5.16 Å². The highest BCUT2D eigenvalue weighted by Crippen LogP contribution is 2.35. The number of hydrogen-bond acceptors (Lipinski definition) is 4. The van der Waals surface area contributed by atoms with Gasteiger partial charge in [-0.25, -0.2) is 0 Å². The van der Waals surface area contributed by atoms with Gasteiger partial charge in [-0.2, -0.15) is 0 Å². The molecule has 0 aliphatic heterocycles. The van der Waals surface area contributed by atoms with E-state index in [0.29, 0.717) is 44.2 Å². The second-order valence-electron chi connectivity index (χ2n) is 6.46. The van der Waals surface area contributed by atoms with E-state index in [9.17, 15) is 4.79 Å². The summed E-state index contributed by atoms with van der Waals surface area (Å²) >= 11 is 12.2. The highest BCUT2D eigenvalue weighted by Gasteiger charge is 2.22. The SMILES string of the molecule is Cc1onc(-c2ccccc2)c1C(=O)Nc1ccccc1Oc1ccc(Cl)cc1Cl. The Kier molecular flexibility index (Phi) is 5.74. The molecule has 1 N–H and O–H groups in total. The molecule has 0 radical (unpaired) electrons. The molecule has 0 unspecified atom stereocenters. The Balaban J connectivity index is 1.63. The first-order valence-electron chi connectivity index (χ1n) is 9.08. The van der Waals surface area contributed by atoms with E-state index in [1.54, 1.807) is 49.4 Å². The van der Waals surface area contributed by atoms with Gasteiger partial charge in [0.15, 0.2) is 5.75 Å². The van der Waals surface area contributed by atoms with Gasteiger partial charge >= 0.3 is 0 Å². The predicted octanol–water partition coefficient (Wildman–Crippen LogP) is 7.00. The second kappa shape index (κ2) is 8.61. The molecule has 0 fully saturated rings. The van der Waals surface area contributed by atoms with E-state index in [1.807, 2.05) is 30.3 Å². The fourth-order valence-corrected chi connectivity index (χ4v) is 3.40. The lowest BCUT2D eigenvalue weighted by atomic mass is 10.1. The summed E-state index contributed by atoms with van der Waals surface area (Å²) in [5.41, 5.74) is 2.11. The van der Waals surface area contributed by atoms with Crippen LogP contribution in [0.4, 0.5) is 5.69 Å². The summed E-state index contributed by atoms with van der Waals surface area (Å²) in [6, 6.07) is 21.4. The summed E-state index contributed by atoms with van der Waals surface area (Å²) in [6.45, 7) is 1.70. The molecule has 30 heavy (non-hydrogen) atoms. The van der Waals surface area contributed by atoms with Crippen LogP contribution >= 0.6 is 23.2 Å². The molecule has 4 aromatic rings. The summed E-state index contributed by atoms with van der Waals surface area (Å²) in [5.74, 6) is 0.927. The van der Waals surface area contributed by atoms with E-state index in [0.717, 1.165) is 5.56 Å². The molecule has 0 aliphatic carbocycles. The highest BCUT2D eigenvalue weighted by molar-refractivity contribution is 6.35. The second-order valence-corrected chi connectivity index (χ2v) is 7.30. The molecule has 1 aromatic heterocycles. The minimum absolute atomic E-state index is 0.356. The number of ether oxygens (including phenoxy) is 1. The first-order valence-corrected chi connectivity index (χ1v) is 9.83. The number of hydrogen-bond donors (Lipinski definition) is 1. The monoisotopic (exact) mass is 438 g/mol. The van der Waals surface area contributed by atoms with Crippen molar-refractivity contribution in [3.8, 4) is 22.8 Å². The van der Waals surface area contributed by atoms with Gasteiger partial charge in [0.1, 0.15) is 22.8 Å². The van der Waals surface area contributed by atoms with E-state index < -0.39 is 0 Å². The molecular weight excluding hydrogens is 423 g/mol. The average molecular weight is 439 g/mol. The number of anilines is 1. The molecule has 1 heterocycles. The number of benzene rings is 3. The maximum absolute atomic E-state index is 13.1. The van der Waals surface area contributed by atoms with Crippen molar-refractivity contribution in [3.63, 3.8) is 0 Å². The van der Waals surface area contributed by atoms with Crippen LogP contribution in [0.15, 0.2) is 77.3 Å². The maximum atomic E-state index is 13.1. The Morgan fingerprint density at radius 1 is 0.967 bits per heavy atom. The largest absolute Gasteiger partial charge is 0.454 e. The molecule has 0 saturated carbocycles. The lowest BCUT2D eigenvalue weighted by Gasteiger charge is -2.13. The topological polar surface area (TPSA) is 64.4 Å². The Hall–Kier alpha value is -3.28. The van der Waals surface area contributed by atoms with Crippen LogP contribution in [0.1, 0.15) is 16.1 Å². The third kappa shape index (κ3) is 4.17. The standard InChI is InChI=1S/C23H16Cl2N2O3/c1-14-21(22(27-30-14)15-7-3-2-4-8-15)23(28)26-18-9-5-6-10-20(18)29-19-12-11-16(24)13-17(19)25/h2-13H,1H3,(H,26,28). The van der Waals surface area contributed by atoms with Crippen molar-refractivity contribution in [3.05, 3.63) is 94.2 Å². The van der Waals surface area contributed by atoms with Gasteiger partial charge in [0.25, 0.3) is 5.91 Å². The summed E-state index contributed by atoms with van der Waals surface area (Å²) < 4.78 is 11.2. The van der Waals surface area contributed by atoms with Gasteiger partial charge in [0, 0.05) is 10.6 Å². The zero-order valence-corrected chi connectivity index (χ0v) is 17.4. The minimum Gasteiger partial charge on any atom is -0.454 e. The van der Waals surface area contributed by atoms with Gasteiger partial charge in [-0.15, -0.1) is 0 Å². The number of nitrogens with one attached hydrogen (secondary N) is 1. The number of para-hydroxylation sites is 2. The van der Waals surface area contributed by atoms with Gasteiger partial charge in [-0.1, -0.05) is 70.8 Å². The van der Waals surface area contributed by atoms with Crippen molar-refractivity contribution >= 4 is 34.8 Å². The number of nitrogens with zero attached hydrogens (tertiary/aromatic N) is 1. The van der Waals surface area contributed by atoms with Crippen molar-refractivity contribution in [2.75, 3.05) is 5.32 Å². The summed E-state index contributed by atoms with van der Waals surface area (Å²) in [7, 11) is 0. The van der Waals surface area contributed by atoms with Gasteiger partial charge < -0.3 is 14.6 Å². The van der Waals surface area contributed by atoms with E-state index in [2.05, 4.69) is 10.5 Å². The van der Waals surface area contributed by atoms with Gasteiger partial charge in [0.05, 0.1) is 10.7 Å². The Morgan fingerprint density at radius 2 is 1.70 bits per heavy atom.